The summed E-state index contributed by atoms with van der Waals surface area (Å²) in [5.41, 5.74) is 2.72. The molecule has 0 saturated carbocycles. The summed E-state index contributed by atoms with van der Waals surface area (Å²) in [5, 5.41) is 3.02. The minimum absolute atomic E-state index is 0.0475. The Hall–Kier alpha value is -4.90. The van der Waals surface area contributed by atoms with Gasteiger partial charge in [0.25, 0.3) is 10.0 Å². The quantitative estimate of drug-likeness (QED) is 0.197. The van der Waals surface area contributed by atoms with E-state index in [1.165, 1.54) is 35.2 Å². The molecule has 11 heteroatoms. The summed E-state index contributed by atoms with van der Waals surface area (Å²) in [6.07, 6.45) is 0.883. The lowest BCUT2D eigenvalue weighted by atomic mass is 10.0. The second kappa shape index (κ2) is 15.3. The molecule has 0 spiro atoms. The van der Waals surface area contributed by atoms with Gasteiger partial charge in [0.2, 0.25) is 11.8 Å². The number of hydrogen-bond donors (Lipinski definition) is 1. The van der Waals surface area contributed by atoms with E-state index in [4.69, 9.17) is 9.47 Å². The first-order valence-corrected chi connectivity index (χ1v) is 17.4. The van der Waals surface area contributed by atoms with Gasteiger partial charge >= 0.3 is 0 Å². The number of sulfonamides is 1. The van der Waals surface area contributed by atoms with E-state index in [2.05, 4.69) is 5.32 Å². The normalized spacial score (nSPS) is 13.7. The molecule has 0 radical (unpaired) electrons. The second-order valence-corrected chi connectivity index (χ2v) is 13.7. The molecule has 9 nitrogen and oxygen atoms in total. The molecule has 0 bridgehead atoms. The molecular formula is C37H40FN3O6S. The first kappa shape index (κ1) is 34.4. The van der Waals surface area contributed by atoms with Gasteiger partial charge < -0.3 is 19.7 Å². The zero-order valence-electron chi connectivity index (χ0n) is 27.3. The number of ether oxygens (including phenoxy) is 2. The van der Waals surface area contributed by atoms with Gasteiger partial charge in [0.1, 0.15) is 31.6 Å². The first-order chi connectivity index (χ1) is 23.0. The minimum atomic E-state index is -4.41. The van der Waals surface area contributed by atoms with Crippen LogP contribution in [-0.4, -0.2) is 57.0 Å². The molecule has 5 rings (SSSR count). The Bertz CT molecular complexity index is 1820. The van der Waals surface area contributed by atoms with Crippen LogP contribution in [0.2, 0.25) is 0 Å². The van der Waals surface area contributed by atoms with Crippen molar-refractivity contribution >= 4 is 27.5 Å². The van der Waals surface area contributed by atoms with Crippen molar-refractivity contribution in [3.05, 3.63) is 120 Å². The Morgan fingerprint density at radius 3 is 2.21 bits per heavy atom. The molecule has 0 aromatic heterocycles. The summed E-state index contributed by atoms with van der Waals surface area (Å²) >= 11 is 0. The summed E-state index contributed by atoms with van der Waals surface area (Å²) in [7, 11) is -4.41. The highest BCUT2D eigenvalue weighted by molar-refractivity contribution is 7.92. The van der Waals surface area contributed by atoms with Crippen LogP contribution in [0.5, 0.6) is 11.5 Å². The maximum Gasteiger partial charge on any atom is 0.264 e. The third-order valence-corrected chi connectivity index (χ3v) is 10.0. The molecule has 1 heterocycles. The second-order valence-electron chi connectivity index (χ2n) is 11.8. The molecule has 2 amide bonds. The van der Waals surface area contributed by atoms with Crippen LogP contribution in [0.1, 0.15) is 37.0 Å². The van der Waals surface area contributed by atoms with Gasteiger partial charge in [-0.2, -0.15) is 0 Å². The molecule has 2 atom stereocenters. The Morgan fingerprint density at radius 2 is 1.54 bits per heavy atom. The van der Waals surface area contributed by atoms with E-state index >= 15 is 0 Å². The average molecular weight is 674 g/mol. The maximum atomic E-state index is 14.6. The Kier molecular flexibility index (Phi) is 11.0. The van der Waals surface area contributed by atoms with Crippen LogP contribution in [0.3, 0.4) is 0 Å². The van der Waals surface area contributed by atoms with Gasteiger partial charge in [-0.1, -0.05) is 67.1 Å². The van der Waals surface area contributed by atoms with Gasteiger partial charge in [0.15, 0.2) is 11.5 Å². The number of anilines is 1. The smallest absolute Gasteiger partial charge is 0.264 e. The van der Waals surface area contributed by atoms with Crippen molar-refractivity contribution in [1.82, 2.24) is 10.2 Å². The van der Waals surface area contributed by atoms with Crippen molar-refractivity contribution in [3.63, 3.8) is 0 Å². The predicted octanol–water partition coefficient (Wildman–Crippen LogP) is 5.66. The molecule has 1 aliphatic heterocycles. The number of amides is 2. The van der Waals surface area contributed by atoms with Crippen molar-refractivity contribution in [2.45, 2.75) is 57.1 Å². The minimum Gasteiger partial charge on any atom is -0.486 e. The summed E-state index contributed by atoms with van der Waals surface area (Å²) < 4.78 is 54.8. The highest BCUT2D eigenvalue weighted by Gasteiger charge is 2.35. The van der Waals surface area contributed by atoms with E-state index in [0.29, 0.717) is 18.8 Å². The van der Waals surface area contributed by atoms with E-state index in [0.717, 1.165) is 33.1 Å². The Morgan fingerprint density at radius 1 is 0.875 bits per heavy atom. The van der Waals surface area contributed by atoms with Crippen LogP contribution in [0.4, 0.5) is 10.1 Å². The molecule has 4 aromatic rings. The van der Waals surface area contributed by atoms with Crippen LogP contribution < -0.4 is 19.1 Å². The van der Waals surface area contributed by atoms with E-state index in [1.807, 2.05) is 75.4 Å². The molecular weight excluding hydrogens is 633 g/mol. The number of rotatable bonds is 13. The first-order valence-electron chi connectivity index (χ1n) is 15.9. The predicted molar refractivity (Wildman–Crippen MR) is 182 cm³/mol. The molecule has 0 unspecified atom stereocenters. The van der Waals surface area contributed by atoms with E-state index in [-0.39, 0.29) is 47.9 Å². The van der Waals surface area contributed by atoms with Crippen LogP contribution in [0.15, 0.2) is 102 Å². The fraction of sp³-hybridized carbons (Fsp3) is 0.297. The van der Waals surface area contributed by atoms with Crippen molar-refractivity contribution in [2.24, 2.45) is 0 Å². The molecule has 0 aliphatic carbocycles. The largest absolute Gasteiger partial charge is 0.486 e. The molecule has 1 aliphatic rings. The van der Waals surface area contributed by atoms with Gasteiger partial charge in [-0.15, -0.1) is 0 Å². The standard InChI is InChI=1S/C37H40FN3O6S/c1-4-27(3)39-37(43)33(22-28-8-6-5-7-9-28)40(24-29-12-10-26(2)11-13-29)36(42)25-41(31-16-14-30(38)15-17-31)48(44,45)32-18-19-34-35(23-32)47-21-20-46-34/h5-19,23,27,33H,4,20-22,24-25H2,1-3H3,(H,39,43)/t27-,33-/m1/s1. The summed E-state index contributed by atoms with van der Waals surface area (Å²) in [6, 6.07) is 25.0. The van der Waals surface area contributed by atoms with E-state index in [1.54, 1.807) is 0 Å². The molecule has 1 N–H and O–H groups in total. The zero-order valence-corrected chi connectivity index (χ0v) is 28.1. The maximum absolute atomic E-state index is 14.6. The average Bonchev–Trinajstić information content (AvgIpc) is 3.10. The lowest BCUT2D eigenvalue weighted by Gasteiger charge is -2.34. The SMILES string of the molecule is CC[C@@H](C)NC(=O)[C@@H](Cc1ccccc1)N(Cc1ccc(C)cc1)C(=O)CN(c1ccc(F)cc1)S(=O)(=O)c1ccc2c(c1)OCCO2. The van der Waals surface area contributed by atoms with Gasteiger partial charge in [-0.25, -0.2) is 12.8 Å². The van der Waals surface area contributed by atoms with Crippen molar-refractivity contribution in [2.75, 3.05) is 24.1 Å². The number of nitrogens with zero attached hydrogens (tertiary/aromatic N) is 2. The van der Waals surface area contributed by atoms with E-state index in [9.17, 15) is 22.4 Å². The van der Waals surface area contributed by atoms with E-state index < -0.39 is 34.3 Å². The van der Waals surface area contributed by atoms with Gasteiger partial charge in [0, 0.05) is 25.1 Å². The van der Waals surface area contributed by atoms with Crippen molar-refractivity contribution in [1.29, 1.82) is 0 Å². The number of halogens is 1. The number of fused-ring (bicyclic) bond motifs is 1. The topological polar surface area (TPSA) is 105 Å². The number of carbonyl (C=O) groups excluding carboxylic acids is 2. The fourth-order valence-electron chi connectivity index (χ4n) is 5.33. The Labute approximate surface area is 281 Å². The molecule has 0 fully saturated rings. The third kappa shape index (κ3) is 8.32. The number of nitrogens with one attached hydrogen (secondary N) is 1. The van der Waals surface area contributed by atoms with Crippen LogP contribution in [-0.2, 0) is 32.6 Å². The highest BCUT2D eigenvalue weighted by Crippen LogP contribution is 2.34. The third-order valence-electron chi connectivity index (χ3n) is 8.24. The molecule has 0 saturated heterocycles. The van der Waals surface area contributed by atoms with Gasteiger partial charge in [-0.05, 0) is 67.8 Å². The fourth-order valence-corrected chi connectivity index (χ4v) is 6.76. The number of benzene rings is 4. The van der Waals surface area contributed by atoms with Crippen LogP contribution in [0, 0.1) is 12.7 Å². The summed E-state index contributed by atoms with van der Waals surface area (Å²) in [6.45, 7) is 5.78. The summed E-state index contributed by atoms with van der Waals surface area (Å²) in [5.74, 6) is -0.853. The van der Waals surface area contributed by atoms with Crippen molar-refractivity contribution in [3.8, 4) is 11.5 Å². The van der Waals surface area contributed by atoms with Gasteiger partial charge in [0.05, 0.1) is 10.6 Å². The molecule has 4 aromatic carbocycles. The van der Waals surface area contributed by atoms with Crippen molar-refractivity contribution < 1.29 is 31.9 Å². The highest BCUT2D eigenvalue weighted by atomic mass is 32.2. The number of aryl methyl sites for hydroxylation is 1. The lowest BCUT2D eigenvalue weighted by Crippen LogP contribution is -2.54. The summed E-state index contributed by atoms with van der Waals surface area (Å²) in [4.78, 5) is 29.8. The number of carbonyl (C=O) groups is 2. The lowest BCUT2D eigenvalue weighted by molar-refractivity contribution is -0.140. The molecule has 48 heavy (non-hydrogen) atoms. The zero-order chi connectivity index (χ0) is 34.3. The van der Waals surface area contributed by atoms with Gasteiger partial charge in [-0.3, -0.25) is 13.9 Å². The number of hydrogen-bond acceptors (Lipinski definition) is 6. The Balaban J connectivity index is 1.57. The molecule has 252 valence electrons. The van der Waals surface area contributed by atoms with Crippen LogP contribution >= 0.6 is 0 Å². The monoisotopic (exact) mass is 673 g/mol. The van der Waals surface area contributed by atoms with Crippen LogP contribution in [0.25, 0.3) is 0 Å².